The molecule has 0 aliphatic carbocycles. The van der Waals surface area contributed by atoms with E-state index in [-0.39, 0.29) is 6.61 Å². The monoisotopic (exact) mass is 364 g/mol. The van der Waals surface area contributed by atoms with Gasteiger partial charge in [-0.3, -0.25) is 9.80 Å². The molecule has 0 radical (unpaired) electrons. The van der Waals surface area contributed by atoms with Gasteiger partial charge in [0.05, 0.1) is 13.2 Å². The van der Waals surface area contributed by atoms with Crippen LogP contribution in [-0.2, 0) is 5.60 Å². The summed E-state index contributed by atoms with van der Waals surface area (Å²) in [6, 6.07) is 19.5. The van der Waals surface area contributed by atoms with E-state index in [1.807, 2.05) is 60.7 Å². The van der Waals surface area contributed by atoms with E-state index < -0.39 is 5.60 Å². The van der Waals surface area contributed by atoms with Crippen molar-refractivity contribution in [1.82, 2.24) is 9.80 Å². The van der Waals surface area contributed by atoms with E-state index >= 15 is 0 Å². The molecule has 27 heavy (non-hydrogen) atoms. The van der Waals surface area contributed by atoms with Crippen molar-refractivity contribution in [3.63, 3.8) is 0 Å². The first kappa shape index (κ1) is 19.6. The molecule has 1 aliphatic heterocycles. The van der Waals surface area contributed by atoms with Crippen molar-refractivity contribution in [2.24, 2.45) is 0 Å². The van der Waals surface area contributed by atoms with E-state index in [2.05, 4.69) is 21.6 Å². The lowest BCUT2D eigenvalue weighted by Gasteiger charge is -2.33. The molecule has 1 saturated heterocycles. The highest BCUT2D eigenvalue weighted by Gasteiger charge is 2.30. The topological polar surface area (TPSA) is 46.9 Å². The number of aliphatic hydroxyl groups is 2. The van der Waals surface area contributed by atoms with Crippen LogP contribution in [0, 0.1) is 11.8 Å². The quantitative estimate of drug-likeness (QED) is 0.769. The first-order valence-corrected chi connectivity index (χ1v) is 9.57. The van der Waals surface area contributed by atoms with Crippen LogP contribution in [-0.4, -0.2) is 65.9 Å². The van der Waals surface area contributed by atoms with Crippen molar-refractivity contribution < 1.29 is 10.2 Å². The van der Waals surface area contributed by atoms with Crippen molar-refractivity contribution in [2.45, 2.75) is 12.0 Å². The summed E-state index contributed by atoms with van der Waals surface area (Å²) in [6.45, 7) is 5.57. The summed E-state index contributed by atoms with van der Waals surface area (Å²) < 4.78 is 0. The molecule has 2 aromatic carbocycles. The Balaban J connectivity index is 1.64. The zero-order valence-electron chi connectivity index (χ0n) is 15.7. The molecule has 2 aromatic rings. The number of hydrogen-bond acceptors (Lipinski definition) is 4. The molecule has 0 saturated carbocycles. The van der Waals surface area contributed by atoms with E-state index in [1.54, 1.807) is 0 Å². The molecule has 0 spiro atoms. The molecule has 142 valence electrons. The van der Waals surface area contributed by atoms with Gasteiger partial charge in [0.25, 0.3) is 0 Å². The minimum atomic E-state index is -1.10. The van der Waals surface area contributed by atoms with Crippen LogP contribution in [0.3, 0.4) is 0 Å². The van der Waals surface area contributed by atoms with Crippen LogP contribution in [0.1, 0.15) is 17.5 Å². The summed E-state index contributed by atoms with van der Waals surface area (Å²) in [4.78, 5) is 4.60. The Hall–Kier alpha value is -2.16. The molecule has 2 N–H and O–H groups in total. The predicted molar refractivity (Wildman–Crippen MR) is 108 cm³/mol. The lowest BCUT2D eigenvalue weighted by atomic mass is 9.84. The predicted octanol–water partition coefficient (Wildman–Crippen LogP) is 1.93. The Labute approximate surface area is 162 Å². The fourth-order valence-corrected chi connectivity index (χ4v) is 3.47. The van der Waals surface area contributed by atoms with Crippen LogP contribution in [0.15, 0.2) is 60.7 Å². The molecule has 3 rings (SSSR count). The van der Waals surface area contributed by atoms with E-state index in [0.717, 1.165) is 43.9 Å². The average molecular weight is 364 g/mol. The summed E-state index contributed by atoms with van der Waals surface area (Å²) in [6.07, 6.45) is 0.367. The molecule has 1 fully saturated rings. The van der Waals surface area contributed by atoms with Crippen molar-refractivity contribution in [2.75, 3.05) is 45.9 Å². The molecule has 4 heteroatoms. The van der Waals surface area contributed by atoms with Crippen LogP contribution < -0.4 is 0 Å². The first-order valence-electron chi connectivity index (χ1n) is 9.57. The van der Waals surface area contributed by atoms with Crippen LogP contribution in [0.2, 0.25) is 0 Å². The third-order valence-electron chi connectivity index (χ3n) is 5.16. The zero-order chi connectivity index (χ0) is 19.0. The van der Waals surface area contributed by atoms with E-state index in [9.17, 15) is 5.11 Å². The Bertz CT molecular complexity index is 705. The Morgan fingerprint density at radius 1 is 0.778 bits per heavy atom. The third kappa shape index (κ3) is 5.18. The fraction of sp³-hybridized carbons (Fsp3) is 0.391. The summed E-state index contributed by atoms with van der Waals surface area (Å²) in [5.41, 5.74) is 0.626. The molecule has 1 heterocycles. The van der Waals surface area contributed by atoms with Crippen LogP contribution >= 0.6 is 0 Å². The molecule has 0 unspecified atom stereocenters. The number of benzene rings is 2. The van der Waals surface area contributed by atoms with Gasteiger partial charge in [0.1, 0.15) is 5.60 Å². The lowest BCUT2D eigenvalue weighted by Crippen LogP contribution is -2.47. The second kappa shape index (κ2) is 9.68. The molecule has 4 nitrogen and oxygen atoms in total. The smallest absolute Gasteiger partial charge is 0.125 e. The summed E-state index contributed by atoms with van der Waals surface area (Å²) in [5, 5.41) is 20.5. The lowest BCUT2D eigenvalue weighted by molar-refractivity contribution is 0.0864. The van der Waals surface area contributed by atoms with Crippen LogP contribution in [0.25, 0.3) is 0 Å². The van der Waals surface area contributed by atoms with Gasteiger partial charge >= 0.3 is 0 Å². The summed E-state index contributed by atoms with van der Waals surface area (Å²) >= 11 is 0. The average Bonchev–Trinajstić information content (AvgIpc) is 2.74. The minimum absolute atomic E-state index is 0.220. The number of piperazine rings is 1. The second-order valence-electron chi connectivity index (χ2n) is 6.96. The molecule has 1 aliphatic rings. The first-order chi connectivity index (χ1) is 13.2. The largest absolute Gasteiger partial charge is 0.395 e. The Kier molecular flexibility index (Phi) is 7.03. The Morgan fingerprint density at radius 3 is 1.81 bits per heavy atom. The van der Waals surface area contributed by atoms with E-state index in [4.69, 9.17) is 5.11 Å². The van der Waals surface area contributed by atoms with Gasteiger partial charge in [-0.25, -0.2) is 0 Å². The van der Waals surface area contributed by atoms with Gasteiger partial charge in [-0.15, -0.1) is 0 Å². The van der Waals surface area contributed by atoms with Crippen molar-refractivity contribution in [1.29, 1.82) is 0 Å². The van der Waals surface area contributed by atoms with Crippen molar-refractivity contribution >= 4 is 0 Å². The van der Waals surface area contributed by atoms with Gasteiger partial charge in [-0.2, -0.15) is 0 Å². The van der Waals surface area contributed by atoms with Crippen LogP contribution in [0.4, 0.5) is 0 Å². The third-order valence-corrected chi connectivity index (χ3v) is 5.16. The number of rotatable bonds is 6. The number of nitrogens with zero attached hydrogens (tertiary/aromatic N) is 2. The normalized spacial score (nSPS) is 15.9. The highest BCUT2D eigenvalue weighted by atomic mass is 16.3. The van der Waals surface area contributed by atoms with Crippen molar-refractivity contribution in [3.05, 3.63) is 71.8 Å². The highest BCUT2D eigenvalue weighted by molar-refractivity contribution is 5.37. The van der Waals surface area contributed by atoms with Gasteiger partial charge in [0.15, 0.2) is 0 Å². The van der Waals surface area contributed by atoms with Gasteiger partial charge in [-0.05, 0) is 11.1 Å². The number of hydrogen-bond donors (Lipinski definition) is 2. The molecule has 0 bridgehead atoms. The Morgan fingerprint density at radius 2 is 1.30 bits per heavy atom. The fourth-order valence-electron chi connectivity index (χ4n) is 3.47. The highest BCUT2D eigenvalue weighted by Crippen LogP contribution is 2.32. The second-order valence-corrected chi connectivity index (χ2v) is 6.96. The molecule has 0 atom stereocenters. The van der Waals surface area contributed by atoms with E-state index in [1.165, 1.54) is 0 Å². The minimum Gasteiger partial charge on any atom is -0.395 e. The molecular formula is C23H28N2O2. The summed E-state index contributed by atoms with van der Waals surface area (Å²) in [5.74, 6) is 6.46. The van der Waals surface area contributed by atoms with E-state index in [0.29, 0.717) is 13.0 Å². The molecular weight excluding hydrogens is 336 g/mol. The molecule has 0 amide bonds. The van der Waals surface area contributed by atoms with Gasteiger partial charge in [-0.1, -0.05) is 72.5 Å². The SMILES string of the molecule is OCCN1CCN(CC#CCC(O)(c2ccccc2)c2ccccc2)CC1. The maximum atomic E-state index is 11.4. The maximum Gasteiger partial charge on any atom is 0.125 e. The van der Waals surface area contributed by atoms with Gasteiger partial charge in [0, 0.05) is 39.1 Å². The standard InChI is InChI=1S/C23H28N2O2/c26-20-19-25-17-15-24(16-18-25)14-8-7-13-23(27,21-9-3-1-4-10-21)22-11-5-2-6-12-22/h1-6,9-12,26-27H,13-20H2. The van der Waals surface area contributed by atoms with Gasteiger partial charge < -0.3 is 10.2 Å². The van der Waals surface area contributed by atoms with Crippen molar-refractivity contribution in [3.8, 4) is 11.8 Å². The van der Waals surface area contributed by atoms with Gasteiger partial charge in [0.2, 0.25) is 0 Å². The maximum absolute atomic E-state index is 11.4. The zero-order valence-corrected chi connectivity index (χ0v) is 15.7. The summed E-state index contributed by atoms with van der Waals surface area (Å²) in [7, 11) is 0. The number of aliphatic hydroxyl groups excluding tert-OH is 1. The molecule has 0 aromatic heterocycles. The number of β-amino-alcohol motifs (C(OH)–C–C–N with tert-alkyl or cyclic N) is 1. The van der Waals surface area contributed by atoms with Crippen LogP contribution in [0.5, 0.6) is 0 Å².